The van der Waals surface area contributed by atoms with Gasteiger partial charge < -0.3 is 15.3 Å². The summed E-state index contributed by atoms with van der Waals surface area (Å²) in [6.07, 6.45) is 12.4. The molecule has 5 heteroatoms. The van der Waals surface area contributed by atoms with Crippen LogP contribution in [-0.2, 0) is 4.79 Å². The second-order valence-corrected chi connectivity index (χ2v) is 3.35. The van der Waals surface area contributed by atoms with Crippen molar-refractivity contribution in [2.45, 2.75) is 19.3 Å². The van der Waals surface area contributed by atoms with Crippen molar-refractivity contribution in [3.63, 3.8) is 0 Å². The minimum absolute atomic E-state index is 0.0253. The van der Waals surface area contributed by atoms with E-state index < -0.39 is 18.5 Å². The highest BCUT2D eigenvalue weighted by Crippen LogP contribution is 1.93. The Morgan fingerprint density at radius 3 is 2.47 bits per heavy atom. The van der Waals surface area contributed by atoms with Crippen LogP contribution < -0.4 is 5.32 Å². The number of unbranched alkanes of at least 4 members (excludes halogenated alkanes) is 2. The molecule has 0 aliphatic carbocycles. The van der Waals surface area contributed by atoms with E-state index in [1.165, 1.54) is 0 Å². The SMILES string of the molecule is C#CCCCCNC(=O)N(CC#C)CC(=O)O. The second-order valence-electron chi connectivity index (χ2n) is 3.35. The third-order valence-corrected chi connectivity index (χ3v) is 1.92. The fourth-order valence-electron chi connectivity index (χ4n) is 1.13. The molecule has 92 valence electrons. The minimum atomic E-state index is -1.09. The number of carboxylic acid groups (broad SMARTS) is 1. The Balaban J connectivity index is 3.94. The zero-order valence-electron chi connectivity index (χ0n) is 9.61. The molecule has 0 saturated heterocycles. The topological polar surface area (TPSA) is 69.6 Å². The number of terminal acetylenes is 2. The molecule has 2 N–H and O–H groups in total. The zero-order chi connectivity index (χ0) is 13.1. The first-order valence-electron chi connectivity index (χ1n) is 5.23. The molecule has 0 atom stereocenters. The van der Waals surface area contributed by atoms with E-state index in [1.54, 1.807) is 0 Å². The number of amides is 2. The highest BCUT2D eigenvalue weighted by molar-refractivity contribution is 5.80. The number of carbonyl (C=O) groups is 2. The standard InChI is InChI=1S/C12H16N2O3/c1-3-5-6-7-8-13-12(17)14(9-4-2)10-11(15)16/h1-2H,5-10H2,(H,13,17)(H,15,16). The molecule has 0 aliphatic rings. The van der Waals surface area contributed by atoms with Crippen molar-refractivity contribution in [2.75, 3.05) is 19.6 Å². The average molecular weight is 236 g/mol. The van der Waals surface area contributed by atoms with Gasteiger partial charge in [0.1, 0.15) is 6.54 Å². The summed E-state index contributed by atoms with van der Waals surface area (Å²) in [6, 6.07) is -0.467. The summed E-state index contributed by atoms with van der Waals surface area (Å²) in [5.41, 5.74) is 0. The van der Waals surface area contributed by atoms with Gasteiger partial charge in [0.25, 0.3) is 0 Å². The third kappa shape index (κ3) is 7.75. The molecule has 0 fully saturated rings. The van der Waals surface area contributed by atoms with Crippen LogP contribution in [0.3, 0.4) is 0 Å². The number of aliphatic carboxylic acids is 1. The van der Waals surface area contributed by atoms with Gasteiger partial charge in [-0.15, -0.1) is 18.8 Å². The molecule has 0 aromatic heterocycles. The van der Waals surface area contributed by atoms with Crippen LogP contribution in [0.2, 0.25) is 0 Å². The van der Waals surface area contributed by atoms with Crippen molar-refractivity contribution in [3.05, 3.63) is 0 Å². The lowest BCUT2D eigenvalue weighted by molar-refractivity contribution is -0.137. The van der Waals surface area contributed by atoms with E-state index in [0.29, 0.717) is 13.0 Å². The van der Waals surface area contributed by atoms with Gasteiger partial charge in [0, 0.05) is 13.0 Å². The molecular weight excluding hydrogens is 220 g/mol. The molecule has 5 nitrogen and oxygen atoms in total. The molecule has 2 amide bonds. The molecular formula is C12H16N2O3. The van der Waals surface area contributed by atoms with Gasteiger partial charge in [-0.25, -0.2) is 4.79 Å². The summed E-state index contributed by atoms with van der Waals surface area (Å²) in [4.78, 5) is 23.1. The predicted octanol–water partition coefficient (Wildman–Crippen LogP) is 0.519. The summed E-state index contributed by atoms with van der Waals surface area (Å²) < 4.78 is 0. The van der Waals surface area contributed by atoms with E-state index in [9.17, 15) is 9.59 Å². The van der Waals surface area contributed by atoms with Crippen LogP contribution in [0.15, 0.2) is 0 Å². The number of rotatable bonds is 7. The number of nitrogens with one attached hydrogen (secondary N) is 1. The van der Waals surface area contributed by atoms with Crippen LogP contribution >= 0.6 is 0 Å². The summed E-state index contributed by atoms with van der Waals surface area (Å²) in [5.74, 6) is 3.64. The number of hydrogen-bond donors (Lipinski definition) is 2. The van der Waals surface area contributed by atoms with Crippen molar-refractivity contribution in [3.8, 4) is 24.7 Å². The van der Waals surface area contributed by atoms with Gasteiger partial charge in [0.15, 0.2) is 0 Å². The van der Waals surface area contributed by atoms with Crippen LogP contribution in [-0.4, -0.2) is 41.6 Å². The Morgan fingerprint density at radius 2 is 1.94 bits per heavy atom. The van der Waals surface area contributed by atoms with Gasteiger partial charge in [0.05, 0.1) is 6.54 Å². The molecule has 0 unspecified atom stereocenters. The molecule has 0 saturated carbocycles. The number of hydrogen-bond acceptors (Lipinski definition) is 2. The first kappa shape index (κ1) is 14.9. The number of nitrogens with zero attached hydrogens (tertiary/aromatic N) is 1. The molecule has 0 rings (SSSR count). The van der Waals surface area contributed by atoms with Crippen molar-refractivity contribution in [2.24, 2.45) is 0 Å². The minimum Gasteiger partial charge on any atom is -0.480 e. The highest BCUT2D eigenvalue weighted by Gasteiger charge is 2.14. The largest absolute Gasteiger partial charge is 0.480 e. The molecule has 0 aromatic rings. The molecule has 0 spiro atoms. The number of carboxylic acids is 1. The first-order valence-corrected chi connectivity index (χ1v) is 5.23. The van der Waals surface area contributed by atoms with Gasteiger partial charge >= 0.3 is 12.0 Å². The van der Waals surface area contributed by atoms with Crippen LogP contribution in [0.25, 0.3) is 0 Å². The molecule has 0 aliphatic heterocycles. The third-order valence-electron chi connectivity index (χ3n) is 1.92. The van der Waals surface area contributed by atoms with Crippen molar-refractivity contribution >= 4 is 12.0 Å². The van der Waals surface area contributed by atoms with Crippen LogP contribution in [0.4, 0.5) is 4.79 Å². The maximum Gasteiger partial charge on any atom is 0.323 e. The van der Waals surface area contributed by atoms with E-state index in [0.717, 1.165) is 17.7 Å². The lowest BCUT2D eigenvalue weighted by Gasteiger charge is -2.18. The zero-order valence-corrected chi connectivity index (χ0v) is 9.61. The Labute approximate surface area is 101 Å². The van der Waals surface area contributed by atoms with E-state index >= 15 is 0 Å². The molecule has 17 heavy (non-hydrogen) atoms. The molecule has 0 radical (unpaired) electrons. The Bertz CT molecular complexity index is 339. The van der Waals surface area contributed by atoms with Gasteiger partial charge in [-0.2, -0.15) is 0 Å². The van der Waals surface area contributed by atoms with Crippen molar-refractivity contribution < 1.29 is 14.7 Å². The lowest BCUT2D eigenvalue weighted by atomic mass is 10.2. The van der Waals surface area contributed by atoms with E-state index in [1.807, 2.05) is 0 Å². The van der Waals surface area contributed by atoms with E-state index in [-0.39, 0.29) is 6.54 Å². The van der Waals surface area contributed by atoms with Crippen LogP contribution in [0, 0.1) is 24.7 Å². The lowest BCUT2D eigenvalue weighted by Crippen LogP contribution is -2.43. The normalized spacial score (nSPS) is 8.82. The summed E-state index contributed by atoms with van der Waals surface area (Å²) in [7, 11) is 0. The van der Waals surface area contributed by atoms with Gasteiger partial charge in [0.2, 0.25) is 0 Å². The number of carbonyl (C=O) groups excluding carboxylic acids is 1. The van der Waals surface area contributed by atoms with Gasteiger partial charge in [-0.1, -0.05) is 5.92 Å². The Hall–Kier alpha value is -2.14. The smallest absolute Gasteiger partial charge is 0.323 e. The Morgan fingerprint density at radius 1 is 1.24 bits per heavy atom. The second kappa shape index (κ2) is 9.11. The Kier molecular flexibility index (Phi) is 7.97. The highest BCUT2D eigenvalue weighted by atomic mass is 16.4. The fraction of sp³-hybridized carbons (Fsp3) is 0.500. The van der Waals surface area contributed by atoms with Gasteiger partial charge in [-0.05, 0) is 12.8 Å². The fourth-order valence-corrected chi connectivity index (χ4v) is 1.13. The quantitative estimate of drug-likeness (QED) is 0.500. The predicted molar refractivity (Wildman–Crippen MR) is 64.1 cm³/mol. The monoisotopic (exact) mass is 236 g/mol. The molecule has 0 heterocycles. The average Bonchev–Trinajstić information content (AvgIpc) is 2.27. The summed E-state index contributed by atoms with van der Waals surface area (Å²) in [5, 5.41) is 11.2. The summed E-state index contributed by atoms with van der Waals surface area (Å²) >= 11 is 0. The number of urea groups is 1. The maximum atomic E-state index is 11.5. The van der Waals surface area contributed by atoms with Crippen molar-refractivity contribution in [1.82, 2.24) is 10.2 Å². The van der Waals surface area contributed by atoms with Gasteiger partial charge in [-0.3, -0.25) is 4.79 Å². The molecule has 0 aromatic carbocycles. The van der Waals surface area contributed by atoms with E-state index in [2.05, 4.69) is 17.2 Å². The van der Waals surface area contributed by atoms with Crippen molar-refractivity contribution in [1.29, 1.82) is 0 Å². The molecule has 0 bridgehead atoms. The van der Waals surface area contributed by atoms with E-state index in [4.69, 9.17) is 18.0 Å². The summed E-state index contributed by atoms with van der Waals surface area (Å²) in [6.45, 7) is 0.0318. The maximum absolute atomic E-state index is 11.5. The van der Waals surface area contributed by atoms with Crippen LogP contribution in [0.1, 0.15) is 19.3 Å². The van der Waals surface area contributed by atoms with Crippen LogP contribution in [0.5, 0.6) is 0 Å². The first-order chi connectivity index (χ1) is 8.11.